The summed E-state index contributed by atoms with van der Waals surface area (Å²) in [5.74, 6) is 0.583. The first-order valence-corrected chi connectivity index (χ1v) is 11.2. The number of halogens is 2. The largest absolute Gasteiger partial charge is 0.495 e. The van der Waals surface area contributed by atoms with Gasteiger partial charge in [-0.1, -0.05) is 46.3 Å². The van der Waals surface area contributed by atoms with Crippen molar-refractivity contribution in [2.75, 3.05) is 12.4 Å². The minimum absolute atomic E-state index is 0.248. The molecule has 0 saturated carbocycles. The number of anilines is 1. The Bertz CT molecular complexity index is 1510. The van der Waals surface area contributed by atoms with Crippen LogP contribution in [0.2, 0.25) is 0 Å². The summed E-state index contributed by atoms with van der Waals surface area (Å²) < 4.78 is 8.40. The summed E-state index contributed by atoms with van der Waals surface area (Å²) in [6.45, 7) is 0. The zero-order valence-electron chi connectivity index (χ0n) is 16.7. The maximum absolute atomic E-state index is 13.7. The SMILES string of the molecule is COc1ccccc1-n1c(/C=C2/C(=O)Nc3ccccc32)nc2c(Br)cc(Br)cc2c1=O. The minimum atomic E-state index is -0.278. The van der Waals surface area contributed by atoms with Crippen LogP contribution in [0, 0.1) is 0 Å². The highest BCUT2D eigenvalue weighted by Crippen LogP contribution is 2.34. The molecule has 1 N–H and O–H groups in total. The summed E-state index contributed by atoms with van der Waals surface area (Å²) in [4.78, 5) is 31.2. The van der Waals surface area contributed by atoms with Gasteiger partial charge in [-0.3, -0.25) is 14.2 Å². The molecule has 2 heterocycles. The number of carbonyl (C=O) groups excluding carboxylic acids is 1. The van der Waals surface area contributed by atoms with E-state index >= 15 is 0 Å². The number of rotatable bonds is 3. The number of hydrogen-bond donors (Lipinski definition) is 1. The van der Waals surface area contributed by atoms with E-state index in [1.54, 1.807) is 31.4 Å². The molecule has 0 spiro atoms. The van der Waals surface area contributed by atoms with Crippen LogP contribution in [0.1, 0.15) is 11.4 Å². The van der Waals surface area contributed by atoms with Gasteiger partial charge in [0, 0.05) is 20.2 Å². The molecule has 0 unspecified atom stereocenters. The Kier molecular flexibility index (Phi) is 5.19. The number of hydrogen-bond acceptors (Lipinski definition) is 4. The summed E-state index contributed by atoms with van der Waals surface area (Å²) in [7, 11) is 1.55. The standard InChI is InChI=1S/C24H15Br2N3O3/c1-32-20-9-5-4-8-19(20)29-21(12-15-14-6-2-3-7-18(14)27-23(15)30)28-22-16(24(29)31)10-13(25)11-17(22)26/h2-12H,1H3,(H,27,30)/b15-12+. The number of para-hydroxylation sites is 3. The van der Waals surface area contributed by atoms with Crippen LogP contribution in [0.5, 0.6) is 5.75 Å². The van der Waals surface area contributed by atoms with Crippen LogP contribution >= 0.6 is 31.9 Å². The van der Waals surface area contributed by atoms with Gasteiger partial charge in [-0.25, -0.2) is 4.98 Å². The summed E-state index contributed by atoms with van der Waals surface area (Å²) in [5, 5.41) is 3.28. The lowest BCUT2D eigenvalue weighted by Gasteiger charge is -2.15. The molecule has 4 aromatic rings. The number of fused-ring (bicyclic) bond motifs is 2. The van der Waals surface area contributed by atoms with Crippen molar-refractivity contribution in [2.24, 2.45) is 0 Å². The van der Waals surface area contributed by atoms with Crippen LogP contribution in [0.4, 0.5) is 5.69 Å². The smallest absolute Gasteiger partial charge is 0.266 e. The molecule has 0 bridgehead atoms. The second kappa shape index (κ2) is 8.03. The van der Waals surface area contributed by atoms with Crippen LogP contribution in [0.25, 0.3) is 28.2 Å². The third-order valence-corrected chi connectivity index (χ3v) is 6.29. The molecule has 1 aliphatic heterocycles. The molecule has 1 aliphatic rings. The Morgan fingerprint density at radius 2 is 1.78 bits per heavy atom. The van der Waals surface area contributed by atoms with E-state index < -0.39 is 0 Å². The molecule has 3 aromatic carbocycles. The van der Waals surface area contributed by atoms with Gasteiger partial charge in [-0.15, -0.1) is 0 Å². The Balaban J connectivity index is 1.88. The second-order valence-electron chi connectivity index (χ2n) is 7.12. The van der Waals surface area contributed by atoms with Gasteiger partial charge < -0.3 is 10.1 Å². The predicted octanol–water partition coefficient (Wildman–Crippen LogP) is 5.41. The third kappa shape index (κ3) is 3.36. The van der Waals surface area contributed by atoms with E-state index in [1.807, 2.05) is 42.5 Å². The summed E-state index contributed by atoms with van der Waals surface area (Å²) >= 11 is 6.96. The number of methoxy groups -OCH3 is 1. The summed E-state index contributed by atoms with van der Waals surface area (Å²) in [6.07, 6.45) is 1.64. The van der Waals surface area contributed by atoms with Crippen molar-refractivity contribution < 1.29 is 9.53 Å². The lowest BCUT2D eigenvalue weighted by atomic mass is 10.1. The average molecular weight is 553 g/mol. The fourth-order valence-corrected chi connectivity index (χ4v) is 5.10. The van der Waals surface area contributed by atoms with E-state index in [4.69, 9.17) is 9.72 Å². The lowest BCUT2D eigenvalue weighted by Crippen LogP contribution is -2.23. The van der Waals surface area contributed by atoms with Crippen molar-refractivity contribution in [2.45, 2.75) is 0 Å². The molecular weight excluding hydrogens is 538 g/mol. The highest BCUT2D eigenvalue weighted by molar-refractivity contribution is 9.11. The minimum Gasteiger partial charge on any atom is -0.495 e. The Morgan fingerprint density at radius 3 is 2.59 bits per heavy atom. The van der Waals surface area contributed by atoms with Gasteiger partial charge in [0.05, 0.1) is 29.3 Å². The van der Waals surface area contributed by atoms with Crippen molar-refractivity contribution in [1.82, 2.24) is 9.55 Å². The van der Waals surface area contributed by atoms with Crippen molar-refractivity contribution in [3.63, 3.8) is 0 Å². The predicted molar refractivity (Wildman–Crippen MR) is 132 cm³/mol. The van der Waals surface area contributed by atoms with Crippen molar-refractivity contribution >= 4 is 66.0 Å². The first-order chi connectivity index (χ1) is 15.5. The van der Waals surface area contributed by atoms with Gasteiger partial charge in [-0.05, 0) is 52.3 Å². The number of nitrogens with one attached hydrogen (secondary N) is 1. The molecule has 158 valence electrons. The van der Waals surface area contributed by atoms with Gasteiger partial charge in [0.25, 0.3) is 11.5 Å². The molecule has 0 fully saturated rings. The Morgan fingerprint density at radius 1 is 1.03 bits per heavy atom. The number of carbonyl (C=O) groups is 1. The van der Waals surface area contributed by atoms with Crippen molar-refractivity contribution in [1.29, 1.82) is 0 Å². The fourth-order valence-electron chi connectivity index (χ4n) is 3.79. The van der Waals surface area contributed by atoms with Gasteiger partial charge >= 0.3 is 0 Å². The van der Waals surface area contributed by atoms with Crippen LogP contribution in [-0.4, -0.2) is 22.6 Å². The fraction of sp³-hybridized carbons (Fsp3) is 0.0417. The normalized spacial score (nSPS) is 14.0. The second-order valence-corrected chi connectivity index (χ2v) is 8.89. The number of ether oxygens (including phenoxy) is 1. The lowest BCUT2D eigenvalue weighted by molar-refractivity contribution is -0.110. The van der Waals surface area contributed by atoms with Crippen molar-refractivity contribution in [3.8, 4) is 11.4 Å². The topological polar surface area (TPSA) is 73.2 Å². The zero-order chi connectivity index (χ0) is 22.4. The van der Waals surface area contributed by atoms with E-state index in [0.717, 1.165) is 15.7 Å². The molecule has 0 aliphatic carbocycles. The number of aromatic nitrogens is 2. The molecule has 1 amide bonds. The van der Waals surface area contributed by atoms with E-state index in [-0.39, 0.29) is 11.5 Å². The average Bonchev–Trinajstić information content (AvgIpc) is 3.10. The van der Waals surface area contributed by atoms with Gasteiger partial charge in [0.2, 0.25) is 0 Å². The van der Waals surface area contributed by atoms with Crippen LogP contribution in [0.15, 0.2) is 74.4 Å². The molecule has 0 radical (unpaired) electrons. The first-order valence-electron chi connectivity index (χ1n) is 9.65. The van der Waals surface area contributed by atoms with Gasteiger partial charge in [0.15, 0.2) is 0 Å². The third-order valence-electron chi connectivity index (χ3n) is 5.23. The molecule has 8 heteroatoms. The first kappa shape index (κ1) is 20.7. The van der Waals surface area contributed by atoms with E-state index in [2.05, 4.69) is 37.2 Å². The summed E-state index contributed by atoms with van der Waals surface area (Å²) in [6, 6.07) is 18.2. The quantitative estimate of drug-likeness (QED) is 0.345. The van der Waals surface area contributed by atoms with Crippen LogP contribution in [-0.2, 0) is 4.79 Å². The van der Waals surface area contributed by atoms with Gasteiger partial charge in [-0.2, -0.15) is 0 Å². The Labute approximate surface area is 199 Å². The molecule has 0 saturated heterocycles. The zero-order valence-corrected chi connectivity index (χ0v) is 19.9. The van der Waals surface area contributed by atoms with E-state index in [1.165, 1.54) is 4.57 Å². The number of benzene rings is 3. The maximum Gasteiger partial charge on any atom is 0.266 e. The molecule has 0 atom stereocenters. The highest BCUT2D eigenvalue weighted by atomic mass is 79.9. The number of amides is 1. The molecule has 5 rings (SSSR count). The van der Waals surface area contributed by atoms with Crippen LogP contribution in [0.3, 0.4) is 0 Å². The van der Waals surface area contributed by atoms with Crippen LogP contribution < -0.4 is 15.6 Å². The number of nitrogens with zero attached hydrogens (tertiary/aromatic N) is 2. The Hall–Kier alpha value is -3.23. The van der Waals surface area contributed by atoms with E-state index in [0.29, 0.717) is 38.2 Å². The van der Waals surface area contributed by atoms with E-state index in [9.17, 15) is 9.59 Å². The maximum atomic E-state index is 13.7. The molecule has 6 nitrogen and oxygen atoms in total. The molecule has 1 aromatic heterocycles. The van der Waals surface area contributed by atoms with Crippen molar-refractivity contribution in [3.05, 3.63) is 91.4 Å². The van der Waals surface area contributed by atoms with Gasteiger partial charge in [0.1, 0.15) is 11.6 Å². The monoisotopic (exact) mass is 551 g/mol. The molecule has 32 heavy (non-hydrogen) atoms. The summed E-state index contributed by atoms with van der Waals surface area (Å²) in [5.41, 5.74) is 2.67. The highest BCUT2D eigenvalue weighted by Gasteiger charge is 2.25. The molecular formula is C24H15Br2N3O3.